The van der Waals surface area contributed by atoms with Crippen LogP contribution < -0.4 is 10.1 Å². The third kappa shape index (κ3) is 3.26. The molecule has 0 spiro atoms. The van der Waals surface area contributed by atoms with Crippen molar-refractivity contribution in [2.75, 3.05) is 0 Å². The van der Waals surface area contributed by atoms with Gasteiger partial charge in [0, 0.05) is 23.1 Å². The number of unbranched alkanes of at least 4 members (excludes halogenated alkanes) is 4. The van der Waals surface area contributed by atoms with Crippen molar-refractivity contribution in [3.05, 3.63) is 64.7 Å². The minimum absolute atomic E-state index is 0.250. The Bertz CT molecular complexity index is 1010. The zero-order valence-corrected chi connectivity index (χ0v) is 18.5. The summed E-state index contributed by atoms with van der Waals surface area (Å²) in [6.07, 6.45) is 5.41. The highest BCUT2D eigenvalue weighted by molar-refractivity contribution is 6.12. The molecule has 2 aliphatic rings. The number of fused-ring (bicyclic) bond motifs is 5. The van der Waals surface area contributed by atoms with Crippen molar-refractivity contribution >= 4 is 11.7 Å². The van der Waals surface area contributed by atoms with Crippen molar-refractivity contribution in [2.45, 2.75) is 76.5 Å². The molecule has 2 aromatic carbocycles. The van der Waals surface area contributed by atoms with Gasteiger partial charge >= 0.3 is 0 Å². The lowest BCUT2D eigenvalue weighted by molar-refractivity contribution is -0.175. The summed E-state index contributed by atoms with van der Waals surface area (Å²) in [5.41, 5.74) is 0.667. The topological polar surface area (TPSA) is 75.6 Å². The standard InChI is InChI=1S/C26H31NO4/c1-4-5-6-7-8-13-23(28)27-25-21-15-14-18(17(2)3)16-22(21)31-26(25,30)20-12-10-9-11-19(20)24(25)29/h9-12,14-17,30H,4-8,13H2,1-3H3,(H,27,28). The fraction of sp³-hybridized carbons (Fsp3) is 0.462. The second kappa shape index (κ2) is 8.12. The number of amides is 1. The Kier molecular flexibility index (Phi) is 5.65. The summed E-state index contributed by atoms with van der Waals surface area (Å²) in [7, 11) is 0. The Balaban J connectivity index is 1.72. The molecule has 1 aliphatic heterocycles. The van der Waals surface area contributed by atoms with Gasteiger partial charge in [-0.1, -0.05) is 82.9 Å². The number of carbonyl (C=O) groups excluding carboxylic acids is 2. The fourth-order valence-corrected chi connectivity index (χ4v) is 4.79. The van der Waals surface area contributed by atoms with Gasteiger partial charge in [0.1, 0.15) is 5.75 Å². The van der Waals surface area contributed by atoms with Crippen LogP contribution in [0.1, 0.15) is 92.3 Å². The van der Waals surface area contributed by atoms with Crippen molar-refractivity contribution in [2.24, 2.45) is 0 Å². The van der Waals surface area contributed by atoms with Crippen molar-refractivity contribution in [3.8, 4) is 5.75 Å². The van der Waals surface area contributed by atoms with E-state index in [0.29, 0.717) is 28.9 Å². The van der Waals surface area contributed by atoms with E-state index < -0.39 is 11.3 Å². The number of nitrogens with one attached hydrogen (secondary N) is 1. The number of Topliss-reactive ketones (excluding diaryl/α,β-unsaturated/α-hetero) is 1. The lowest BCUT2D eigenvalue weighted by atomic mass is 9.82. The van der Waals surface area contributed by atoms with E-state index in [-0.39, 0.29) is 17.6 Å². The number of aliphatic hydroxyl groups is 1. The number of ether oxygens (including phenoxy) is 1. The van der Waals surface area contributed by atoms with Crippen LogP contribution in [-0.2, 0) is 16.1 Å². The Hall–Kier alpha value is -2.66. The van der Waals surface area contributed by atoms with Gasteiger partial charge in [-0.15, -0.1) is 0 Å². The van der Waals surface area contributed by atoms with Crippen LogP contribution in [0.25, 0.3) is 0 Å². The first-order valence-corrected chi connectivity index (χ1v) is 11.4. The predicted octanol–water partition coefficient (Wildman–Crippen LogP) is 4.92. The molecule has 5 nitrogen and oxygen atoms in total. The lowest BCUT2D eigenvalue weighted by Crippen LogP contribution is -2.60. The molecule has 2 unspecified atom stereocenters. The molecule has 1 amide bonds. The molecule has 0 bridgehead atoms. The fourth-order valence-electron chi connectivity index (χ4n) is 4.79. The molecule has 1 heterocycles. The molecule has 0 saturated carbocycles. The molecule has 31 heavy (non-hydrogen) atoms. The highest BCUT2D eigenvalue weighted by Gasteiger charge is 2.71. The highest BCUT2D eigenvalue weighted by Crippen LogP contribution is 2.58. The van der Waals surface area contributed by atoms with E-state index in [2.05, 4.69) is 26.1 Å². The van der Waals surface area contributed by atoms with Crippen LogP contribution in [-0.4, -0.2) is 16.8 Å². The quantitative estimate of drug-likeness (QED) is 0.594. The van der Waals surface area contributed by atoms with Crippen molar-refractivity contribution in [1.82, 2.24) is 5.32 Å². The smallest absolute Gasteiger partial charge is 0.271 e. The molecule has 0 radical (unpaired) electrons. The summed E-state index contributed by atoms with van der Waals surface area (Å²) < 4.78 is 6.09. The molecule has 164 valence electrons. The second-order valence-corrected chi connectivity index (χ2v) is 8.99. The van der Waals surface area contributed by atoms with Gasteiger partial charge in [-0.2, -0.15) is 0 Å². The Morgan fingerprint density at radius 1 is 1.06 bits per heavy atom. The van der Waals surface area contributed by atoms with Crippen LogP contribution in [0.4, 0.5) is 0 Å². The second-order valence-electron chi connectivity index (χ2n) is 8.99. The molecule has 1 aliphatic carbocycles. The summed E-state index contributed by atoms with van der Waals surface area (Å²) in [4.78, 5) is 26.6. The Labute approximate surface area is 183 Å². The van der Waals surface area contributed by atoms with Gasteiger partial charge in [0.05, 0.1) is 0 Å². The van der Waals surface area contributed by atoms with E-state index in [9.17, 15) is 14.7 Å². The number of carbonyl (C=O) groups is 2. The number of ketones is 1. The molecule has 4 rings (SSSR count). The first-order valence-electron chi connectivity index (χ1n) is 11.4. The third-order valence-electron chi connectivity index (χ3n) is 6.55. The Morgan fingerprint density at radius 2 is 1.81 bits per heavy atom. The van der Waals surface area contributed by atoms with Gasteiger partial charge in [-0.3, -0.25) is 9.59 Å². The summed E-state index contributed by atoms with van der Waals surface area (Å²) >= 11 is 0. The molecule has 2 aromatic rings. The SMILES string of the molecule is CCCCCCCC(=O)NC12C(=O)c3ccccc3C1(O)Oc1cc(C(C)C)ccc12. The molecular formula is C26H31NO4. The Morgan fingerprint density at radius 3 is 2.55 bits per heavy atom. The first-order chi connectivity index (χ1) is 14.8. The van der Waals surface area contributed by atoms with Crippen LogP contribution in [0.2, 0.25) is 0 Å². The van der Waals surface area contributed by atoms with E-state index in [1.165, 1.54) is 0 Å². The molecular weight excluding hydrogens is 390 g/mol. The maximum atomic E-state index is 13.7. The number of hydrogen-bond donors (Lipinski definition) is 2. The van der Waals surface area contributed by atoms with Crippen molar-refractivity contribution < 1.29 is 19.4 Å². The number of rotatable bonds is 8. The predicted molar refractivity (Wildman–Crippen MR) is 119 cm³/mol. The highest BCUT2D eigenvalue weighted by atomic mass is 16.6. The summed E-state index contributed by atoms with van der Waals surface area (Å²) in [5.74, 6) is -1.84. The van der Waals surface area contributed by atoms with Gasteiger partial charge in [0.2, 0.25) is 17.2 Å². The summed E-state index contributed by atoms with van der Waals surface area (Å²) in [6, 6.07) is 12.5. The molecule has 2 N–H and O–H groups in total. The summed E-state index contributed by atoms with van der Waals surface area (Å²) in [5, 5.41) is 14.7. The van der Waals surface area contributed by atoms with Gasteiger partial charge in [0.15, 0.2) is 0 Å². The summed E-state index contributed by atoms with van der Waals surface area (Å²) in [6.45, 7) is 6.30. The number of benzene rings is 2. The first kappa shape index (κ1) is 21.6. The zero-order chi connectivity index (χ0) is 22.2. The molecule has 2 atom stereocenters. The van der Waals surface area contributed by atoms with E-state index in [0.717, 1.165) is 37.7 Å². The molecule has 5 heteroatoms. The van der Waals surface area contributed by atoms with Crippen LogP contribution in [0.5, 0.6) is 5.75 Å². The molecule has 0 aromatic heterocycles. The minimum atomic E-state index is -1.96. The maximum Gasteiger partial charge on any atom is 0.271 e. The third-order valence-corrected chi connectivity index (χ3v) is 6.55. The lowest BCUT2D eigenvalue weighted by Gasteiger charge is -2.34. The zero-order valence-electron chi connectivity index (χ0n) is 18.5. The van der Waals surface area contributed by atoms with Gasteiger partial charge in [0.25, 0.3) is 5.79 Å². The van der Waals surface area contributed by atoms with Crippen molar-refractivity contribution in [1.29, 1.82) is 0 Å². The number of hydrogen-bond acceptors (Lipinski definition) is 4. The van der Waals surface area contributed by atoms with E-state index in [1.807, 2.05) is 18.2 Å². The average Bonchev–Trinajstić information content (AvgIpc) is 3.10. The van der Waals surface area contributed by atoms with Gasteiger partial charge in [-0.05, 0) is 24.0 Å². The van der Waals surface area contributed by atoms with Crippen LogP contribution in [0.3, 0.4) is 0 Å². The monoisotopic (exact) mass is 421 g/mol. The van der Waals surface area contributed by atoms with E-state index in [1.54, 1.807) is 24.3 Å². The largest absolute Gasteiger partial charge is 0.454 e. The van der Waals surface area contributed by atoms with Gasteiger partial charge in [-0.25, -0.2) is 0 Å². The maximum absolute atomic E-state index is 13.7. The molecule has 0 fully saturated rings. The van der Waals surface area contributed by atoms with Crippen LogP contribution in [0, 0.1) is 0 Å². The minimum Gasteiger partial charge on any atom is -0.454 e. The van der Waals surface area contributed by atoms with E-state index in [4.69, 9.17) is 4.74 Å². The normalized spacial score (nSPS) is 23.3. The van der Waals surface area contributed by atoms with Gasteiger partial charge < -0.3 is 15.2 Å². The van der Waals surface area contributed by atoms with Crippen LogP contribution >= 0.6 is 0 Å². The average molecular weight is 422 g/mol. The van der Waals surface area contributed by atoms with Crippen LogP contribution in [0.15, 0.2) is 42.5 Å². The van der Waals surface area contributed by atoms with Crippen molar-refractivity contribution in [3.63, 3.8) is 0 Å². The molecule has 0 saturated heterocycles. The van der Waals surface area contributed by atoms with E-state index >= 15 is 0 Å².